The summed E-state index contributed by atoms with van der Waals surface area (Å²) in [5.41, 5.74) is 5.92. The molecule has 1 unspecified atom stereocenters. The number of hydrogen-bond acceptors (Lipinski definition) is 4. The second-order valence-corrected chi connectivity index (χ2v) is 4.39. The van der Waals surface area contributed by atoms with Gasteiger partial charge in [-0.05, 0) is 19.9 Å². The zero-order valence-corrected chi connectivity index (χ0v) is 11.2. The number of nitrogens with zero attached hydrogens (tertiary/aromatic N) is 1. The van der Waals surface area contributed by atoms with E-state index >= 15 is 0 Å². The third-order valence-corrected chi connectivity index (χ3v) is 3.04. The molecule has 1 amide bonds. The quantitative estimate of drug-likeness (QED) is 0.848. The molecule has 92 valence electrons. The Morgan fingerprint density at radius 1 is 1.69 bits per heavy atom. The van der Waals surface area contributed by atoms with Crippen LogP contribution in [0.25, 0.3) is 0 Å². The van der Waals surface area contributed by atoms with Gasteiger partial charge in [0.05, 0.1) is 5.01 Å². The van der Waals surface area contributed by atoms with E-state index in [9.17, 15) is 4.79 Å². The maximum atomic E-state index is 11.6. The van der Waals surface area contributed by atoms with E-state index in [2.05, 4.69) is 10.3 Å². The lowest BCUT2D eigenvalue weighted by atomic mass is 10.2. The normalized spacial score (nSPS) is 11.7. The minimum Gasteiger partial charge on any atom is -0.348 e. The number of carbonyl (C=O) groups is 1. The highest BCUT2D eigenvalue weighted by Gasteiger charge is 2.11. The smallest absolute Gasteiger partial charge is 0.270 e. The Hall–Kier alpha value is -0.650. The maximum Gasteiger partial charge on any atom is 0.270 e. The van der Waals surface area contributed by atoms with Crippen LogP contribution in [0.3, 0.4) is 0 Å². The number of amides is 1. The molecule has 6 heteroatoms. The van der Waals surface area contributed by atoms with E-state index in [1.54, 1.807) is 5.38 Å². The van der Waals surface area contributed by atoms with Crippen molar-refractivity contribution in [1.82, 2.24) is 10.3 Å². The molecule has 0 saturated heterocycles. The molecule has 1 aromatic heterocycles. The summed E-state index contributed by atoms with van der Waals surface area (Å²) < 4.78 is 0. The van der Waals surface area contributed by atoms with Crippen molar-refractivity contribution in [3.05, 3.63) is 16.1 Å². The van der Waals surface area contributed by atoms with Gasteiger partial charge < -0.3 is 11.1 Å². The molecular formula is C10H18ClN3OS. The predicted octanol–water partition coefficient (Wildman–Crippen LogP) is 1.59. The van der Waals surface area contributed by atoms with Crippen molar-refractivity contribution < 1.29 is 4.79 Å². The number of rotatable bonds is 5. The Morgan fingerprint density at radius 2 is 2.38 bits per heavy atom. The van der Waals surface area contributed by atoms with Crippen LogP contribution < -0.4 is 11.1 Å². The van der Waals surface area contributed by atoms with Crippen molar-refractivity contribution in [3.63, 3.8) is 0 Å². The summed E-state index contributed by atoms with van der Waals surface area (Å²) in [7, 11) is 0. The van der Waals surface area contributed by atoms with E-state index in [-0.39, 0.29) is 24.4 Å². The first-order valence-corrected chi connectivity index (χ1v) is 6.00. The van der Waals surface area contributed by atoms with Crippen LogP contribution in [0.15, 0.2) is 5.38 Å². The maximum absolute atomic E-state index is 11.6. The minimum atomic E-state index is -0.0936. The van der Waals surface area contributed by atoms with Gasteiger partial charge in [-0.1, -0.05) is 6.92 Å². The number of hydrogen-bond donors (Lipinski definition) is 2. The third-order valence-electron chi connectivity index (χ3n) is 2.13. The first-order chi connectivity index (χ1) is 7.17. The first kappa shape index (κ1) is 15.3. The Bertz CT molecular complexity index is 330. The van der Waals surface area contributed by atoms with E-state index in [4.69, 9.17) is 5.73 Å². The van der Waals surface area contributed by atoms with Crippen molar-refractivity contribution >= 4 is 29.7 Å². The molecule has 0 aliphatic heterocycles. The molecule has 1 rings (SSSR count). The lowest BCUT2D eigenvalue weighted by molar-refractivity contribution is 0.0935. The molecule has 0 aromatic carbocycles. The van der Waals surface area contributed by atoms with Gasteiger partial charge in [0.2, 0.25) is 0 Å². The highest BCUT2D eigenvalue weighted by Crippen LogP contribution is 2.10. The van der Waals surface area contributed by atoms with Crippen molar-refractivity contribution in [2.75, 3.05) is 6.54 Å². The molecule has 0 bridgehead atoms. The summed E-state index contributed by atoms with van der Waals surface area (Å²) in [4.78, 5) is 15.8. The van der Waals surface area contributed by atoms with Crippen molar-refractivity contribution in [3.8, 4) is 0 Å². The van der Waals surface area contributed by atoms with Gasteiger partial charge >= 0.3 is 0 Å². The number of thiazole rings is 1. The van der Waals surface area contributed by atoms with Crippen LogP contribution in [-0.4, -0.2) is 23.5 Å². The summed E-state index contributed by atoms with van der Waals surface area (Å²) in [6, 6.07) is 0.192. The van der Waals surface area contributed by atoms with Crippen LogP contribution in [0.5, 0.6) is 0 Å². The second kappa shape index (κ2) is 7.60. The highest BCUT2D eigenvalue weighted by molar-refractivity contribution is 7.09. The zero-order valence-electron chi connectivity index (χ0n) is 9.53. The summed E-state index contributed by atoms with van der Waals surface area (Å²) in [5, 5.41) is 5.58. The van der Waals surface area contributed by atoms with Gasteiger partial charge in [-0.3, -0.25) is 4.79 Å². The highest BCUT2D eigenvalue weighted by atomic mass is 35.5. The fourth-order valence-electron chi connectivity index (χ4n) is 1.05. The summed E-state index contributed by atoms with van der Waals surface area (Å²) in [5.74, 6) is -0.0936. The minimum absolute atomic E-state index is 0. The van der Waals surface area contributed by atoms with Gasteiger partial charge in [-0.25, -0.2) is 4.98 Å². The molecule has 1 heterocycles. The SMILES string of the molecule is CCC(C)NC(=O)c1csc(CCN)n1.Cl. The number of carbonyl (C=O) groups excluding carboxylic acids is 1. The number of nitrogens with one attached hydrogen (secondary N) is 1. The van der Waals surface area contributed by atoms with Gasteiger partial charge in [0.25, 0.3) is 5.91 Å². The fourth-order valence-corrected chi connectivity index (χ4v) is 1.85. The molecule has 0 fully saturated rings. The largest absolute Gasteiger partial charge is 0.348 e. The number of halogens is 1. The lowest BCUT2D eigenvalue weighted by Crippen LogP contribution is -2.32. The summed E-state index contributed by atoms with van der Waals surface area (Å²) >= 11 is 1.49. The van der Waals surface area contributed by atoms with Gasteiger partial charge in [0.1, 0.15) is 5.69 Å². The molecule has 0 spiro atoms. The van der Waals surface area contributed by atoms with Crippen molar-refractivity contribution in [2.24, 2.45) is 5.73 Å². The third kappa shape index (κ3) is 4.47. The van der Waals surface area contributed by atoms with E-state index in [1.165, 1.54) is 11.3 Å². The van der Waals surface area contributed by atoms with E-state index < -0.39 is 0 Å². The van der Waals surface area contributed by atoms with Crippen LogP contribution in [0.4, 0.5) is 0 Å². The molecule has 1 aromatic rings. The van der Waals surface area contributed by atoms with Gasteiger partial charge in [-0.15, -0.1) is 23.7 Å². The van der Waals surface area contributed by atoms with Crippen molar-refractivity contribution in [1.29, 1.82) is 0 Å². The monoisotopic (exact) mass is 263 g/mol. The van der Waals surface area contributed by atoms with E-state index in [0.717, 1.165) is 17.8 Å². The zero-order chi connectivity index (χ0) is 11.3. The Labute approximate surface area is 106 Å². The molecular weight excluding hydrogens is 246 g/mol. The summed E-state index contributed by atoms with van der Waals surface area (Å²) in [6.45, 7) is 4.58. The second-order valence-electron chi connectivity index (χ2n) is 3.45. The Morgan fingerprint density at radius 3 is 2.94 bits per heavy atom. The number of aromatic nitrogens is 1. The standard InChI is InChI=1S/C10H17N3OS.ClH/c1-3-7(2)12-10(14)8-6-15-9(13-8)4-5-11;/h6-7H,3-5,11H2,1-2H3,(H,12,14);1H. The molecule has 0 aliphatic carbocycles. The van der Waals surface area contributed by atoms with Crippen molar-refractivity contribution in [2.45, 2.75) is 32.7 Å². The van der Waals surface area contributed by atoms with Crippen LogP contribution in [0.2, 0.25) is 0 Å². The average Bonchev–Trinajstić information content (AvgIpc) is 2.67. The van der Waals surface area contributed by atoms with E-state index in [0.29, 0.717) is 12.2 Å². The predicted molar refractivity (Wildman–Crippen MR) is 69.3 cm³/mol. The molecule has 0 radical (unpaired) electrons. The van der Waals surface area contributed by atoms with Gasteiger partial charge in [0, 0.05) is 17.8 Å². The van der Waals surface area contributed by atoms with Crippen LogP contribution >= 0.6 is 23.7 Å². The molecule has 1 atom stereocenters. The Balaban J connectivity index is 0.00000225. The van der Waals surface area contributed by atoms with Gasteiger partial charge in [-0.2, -0.15) is 0 Å². The first-order valence-electron chi connectivity index (χ1n) is 5.12. The van der Waals surface area contributed by atoms with Crippen LogP contribution in [-0.2, 0) is 6.42 Å². The molecule has 0 aliphatic rings. The average molecular weight is 264 g/mol. The Kier molecular flexibility index (Phi) is 7.29. The molecule has 0 saturated carbocycles. The molecule has 3 N–H and O–H groups in total. The van der Waals surface area contributed by atoms with Crippen LogP contribution in [0, 0.1) is 0 Å². The lowest BCUT2D eigenvalue weighted by Gasteiger charge is -2.09. The van der Waals surface area contributed by atoms with E-state index in [1.807, 2.05) is 13.8 Å². The molecule has 16 heavy (non-hydrogen) atoms. The van der Waals surface area contributed by atoms with Gasteiger partial charge in [0.15, 0.2) is 0 Å². The van der Waals surface area contributed by atoms with Crippen LogP contribution in [0.1, 0.15) is 35.8 Å². The summed E-state index contributed by atoms with van der Waals surface area (Å²) in [6.07, 6.45) is 1.66. The molecule has 4 nitrogen and oxygen atoms in total. The fraction of sp³-hybridized carbons (Fsp3) is 0.600. The topological polar surface area (TPSA) is 68.0 Å². The number of nitrogens with two attached hydrogens (primary N) is 1.